The van der Waals surface area contributed by atoms with Gasteiger partial charge in [0.05, 0.1) is 22.2 Å². The van der Waals surface area contributed by atoms with Crippen molar-refractivity contribution in [2.45, 2.75) is 17.6 Å². The van der Waals surface area contributed by atoms with Gasteiger partial charge in [0.25, 0.3) is 0 Å². The molecule has 0 saturated heterocycles. The molecule has 31 heavy (non-hydrogen) atoms. The third-order valence-corrected chi connectivity index (χ3v) is 6.28. The van der Waals surface area contributed by atoms with Gasteiger partial charge in [-0.25, -0.2) is 8.42 Å². The molecule has 0 aliphatic carbocycles. The lowest BCUT2D eigenvalue weighted by atomic mass is 10.0. The zero-order valence-electron chi connectivity index (χ0n) is 16.3. The summed E-state index contributed by atoms with van der Waals surface area (Å²) in [5, 5.41) is 3.54. The molecule has 0 saturated carbocycles. The zero-order chi connectivity index (χ0) is 23.0. The third kappa shape index (κ3) is 4.99. The third-order valence-electron chi connectivity index (χ3n) is 4.42. The average Bonchev–Trinajstić information content (AvgIpc) is 3.03. The fraction of sp³-hybridized carbons (Fsp3) is 0.200. The standard InChI is InChI=1S/C20H16BrF3N2O4S/c1-30-16(27)11-26-18(17(21)19(25-26)20(22,23)24)13-8-6-12(7-9-13)14-4-3-5-15(10-14)31(2,28)29/h3-10H,11H2,1-2H3. The van der Waals surface area contributed by atoms with Crippen molar-refractivity contribution < 1.29 is 31.1 Å². The predicted octanol–water partition coefficient (Wildman–Crippen LogP) is 4.57. The van der Waals surface area contributed by atoms with Crippen LogP contribution in [0, 0.1) is 0 Å². The number of hydrogen-bond donors (Lipinski definition) is 0. The minimum absolute atomic E-state index is 0.0640. The van der Waals surface area contributed by atoms with Gasteiger partial charge in [-0.2, -0.15) is 18.3 Å². The highest BCUT2D eigenvalue weighted by Gasteiger charge is 2.39. The van der Waals surface area contributed by atoms with E-state index >= 15 is 0 Å². The van der Waals surface area contributed by atoms with E-state index in [1.165, 1.54) is 12.1 Å². The molecule has 164 valence electrons. The van der Waals surface area contributed by atoms with Gasteiger partial charge in [0.15, 0.2) is 15.5 Å². The van der Waals surface area contributed by atoms with E-state index in [0.717, 1.165) is 18.0 Å². The van der Waals surface area contributed by atoms with Crippen LogP contribution < -0.4 is 0 Å². The Balaban J connectivity index is 2.06. The maximum Gasteiger partial charge on any atom is 0.436 e. The van der Waals surface area contributed by atoms with Gasteiger partial charge < -0.3 is 4.74 Å². The molecule has 3 rings (SSSR count). The summed E-state index contributed by atoms with van der Waals surface area (Å²) in [5.41, 5.74) is 0.584. The van der Waals surface area contributed by atoms with Gasteiger partial charge in [-0.05, 0) is 39.2 Å². The van der Waals surface area contributed by atoms with Gasteiger partial charge in [0.2, 0.25) is 0 Å². The summed E-state index contributed by atoms with van der Waals surface area (Å²) in [6, 6.07) is 12.8. The zero-order valence-corrected chi connectivity index (χ0v) is 18.7. The molecule has 1 aromatic heterocycles. The number of halogens is 4. The minimum atomic E-state index is -4.72. The molecule has 0 N–H and O–H groups in total. The Bertz CT molecular complexity index is 1240. The molecule has 0 bridgehead atoms. The maximum atomic E-state index is 13.3. The van der Waals surface area contributed by atoms with Crippen LogP contribution in [0.1, 0.15) is 5.69 Å². The molecular weight excluding hydrogens is 501 g/mol. The van der Waals surface area contributed by atoms with E-state index in [1.54, 1.807) is 36.4 Å². The van der Waals surface area contributed by atoms with Gasteiger partial charge in [0, 0.05) is 11.8 Å². The minimum Gasteiger partial charge on any atom is -0.468 e. The number of sulfone groups is 1. The van der Waals surface area contributed by atoms with E-state index in [4.69, 9.17) is 0 Å². The number of benzene rings is 2. The first-order chi connectivity index (χ1) is 14.4. The lowest BCUT2D eigenvalue weighted by Crippen LogP contribution is -2.15. The number of nitrogens with zero attached hydrogens (tertiary/aromatic N) is 2. The van der Waals surface area contributed by atoms with Crippen LogP contribution in [-0.4, -0.2) is 37.5 Å². The Hall–Kier alpha value is -2.66. The van der Waals surface area contributed by atoms with Crippen molar-refractivity contribution in [3.8, 4) is 22.4 Å². The Kier molecular flexibility index (Phi) is 6.28. The SMILES string of the molecule is COC(=O)Cn1nc(C(F)(F)F)c(Br)c1-c1ccc(-c2cccc(S(C)(=O)=O)c2)cc1. The topological polar surface area (TPSA) is 78.3 Å². The molecule has 6 nitrogen and oxygen atoms in total. The first kappa shape index (κ1) is 23.0. The molecule has 0 aliphatic rings. The molecule has 0 aliphatic heterocycles. The quantitative estimate of drug-likeness (QED) is 0.464. The van der Waals surface area contributed by atoms with Crippen molar-refractivity contribution in [3.63, 3.8) is 0 Å². The summed E-state index contributed by atoms with van der Waals surface area (Å²) in [7, 11) is -2.26. The van der Waals surface area contributed by atoms with Gasteiger partial charge >= 0.3 is 12.1 Å². The number of esters is 1. The van der Waals surface area contributed by atoms with Crippen LogP contribution in [0.3, 0.4) is 0 Å². The Morgan fingerprint density at radius 1 is 1.10 bits per heavy atom. The van der Waals surface area contributed by atoms with E-state index in [9.17, 15) is 26.4 Å². The second-order valence-corrected chi connectivity index (χ2v) is 9.43. The molecule has 0 fully saturated rings. The van der Waals surface area contributed by atoms with E-state index in [1.807, 2.05) is 0 Å². The summed E-state index contributed by atoms with van der Waals surface area (Å²) < 4.78 is 68.7. The van der Waals surface area contributed by atoms with Gasteiger partial charge in [-0.1, -0.05) is 36.4 Å². The molecule has 11 heteroatoms. The van der Waals surface area contributed by atoms with Crippen molar-refractivity contribution >= 4 is 31.7 Å². The molecule has 0 amide bonds. The normalized spacial score (nSPS) is 12.1. The number of rotatable bonds is 5. The first-order valence-corrected chi connectivity index (χ1v) is 11.4. The highest BCUT2D eigenvalue weighted by Crippen LogP contribution is 2.40. The number of ether oxygens (including phenoxy) is 1. The van der Waals surface area contributed by atoms with Crippen LogP contribution in [0.15, 0.2) is 57.9 Å². The van der Waals surface area contributed by atoms with E-state index < -0.39 is 34.2 Å². The second-order valence-electron chi connectivity index (χ2n) is 6.62. The fourth-order valence-corrected chi connectivity index (χ4v) is 4.33. The van der Waals surface area contributed by atoms with E-state index in [2.05, 4.69) is 25.8 Å². The molecule has 1 heterocycles. The Labute approximate surface area is 184 Å². The highest BCUT2D eigenvalue weighted by atomic mass is 79.9. The molecule has 0 unspecified atom stereocenters. The van der Waals surface area contributed by atoms with Gasteiger partial charge in [0.1, 0.15) is 6.54 Å². The molecule has 0 radical (unpaired) electrons. The van der Waals surface area contributed by atoms with Crippen LogP contribution in [-0.2, 0) is 32.1 Å². The first-order valence-electron chi connectivity index (χ1n) is 8.73. The van der Waals surface area contributed by atoms with Crippen molar-refractivity contribution in [1.29, 1.82) is 0 Å². The number of hydrogen-bond acceptors (Lipinski definition) is 5. The lowest BCUT2D eigenvalue weighted by Gasteiger charge is -2.09. The van der Waals surface area contributed by atoms with Gasteiger partial charge in [-0.15, -0.1) is 0 Å². The van der Waals surface area contributed by atoms with Crippen molar-refractivity contribution in [1.82, 2.24) is 9.78 Å². The number of carbonyl (C=O) groups is 1. The summed E-state index contributed by atoms with van der Waals surface area (Å²) >= 11 is 2.96. The Morgan fingerprint density at radius 3 is 2.26 bits per heavy atom. The van der Waals surface area contributed by atoms with Crippen molar-refractivity contribution in [3.05, 3.63) is 58.7 Å². The fourth-order valence-electron chi connectivity index (χ4n) is 2.93. The summed E-state index contributed by atoms with van der Waals surface area (Å²) in [6.07, 6.45) is -3.62. The van der Waals surface area contributed by atoms with Crippen LogP contribution in [0.5, 0.6) is 0 Å². The van der Waals surface area contributed by atoms with Crippen LogP contribution in [0.25, 0.3) is 22.4 Å². The highest BCUT2D eigenvalue weighted by molar-refractivity contribution is 9.10. The van der Waals surface area contributed by atoms with Gasteiger partial charge in [-0.3, -0.25) is 9.48 Å². The number of methoxy groups -OCH3 is 1. The van der Waals surface area contributed by atoms with E-state index in [-0.39, 0.29) is 15.1 Å². The molecular formula is C20H16BrF3N2O4S. The van der Waals surface area contributed by atoms with Crippen molar-refractivity contribution in [2.75, 3.05) is 13.4 Å². The molecule has 2 aromatic carbocycles. The second kappa shape index (κ2) is 8.46. The summed E-state index contributed by atoms with van der Waals surface area (Å²) in [4.78, 5) is 11.8. The maximum absolute atomic E-state index is 13.3. The molecule has 0 atom stereocenters. The average molecular weight is 517 g/mol. The molecule has 3 aromatic rings. The number of aromatic nitrogens is 2. The van der Waals surface area contributed by atoms with Crippen LogP contribution in [0.2, 0.25) is 0 Å². The predicted molar refractivity (Wildman–Crippen MR) is 111 cm³/mol. The smallest absolute Gasteiger partial charge is 0.436 e. The Morgan fingerprint density at radius 2 is 1.71 bits per heavy atom. The number of alkyl halides is 3. The van der Waals surface area contributed by atoms with Crippen LogP contribution in [0.4, 0.5) is 13.2 Å². The molecule has 0 spiro atoms. The van der Waals surface area contributed by atoms with E-state index in [0.29, 0.717) is 16.7 Å². The summed E-state index contributed by atoms with van der Waals surface area (Å²) in [6.45, 7) is -0.501. The lowest BCUT2D eigenvalue weighted by molar-refractivity contribution is -0.144. The number of carbonyl (C=O) groups excluding carboxylic acids is 1. The largest absolute Gasteiger partial charge is 0.468 e. The van der Waals surface area contributed by atoms with Crippen LogP contribution >= 0.6 is 15.9 Å². The van der Waals surface area contributed by atoms with Crippen molar-refractivity contribution in [2.24, 2.45) is 0 Å². The summed E-state index contributed by atoms with van der Waals surface area (Å²) in [5.74, 6) is -0.751. The monoisotopic (exact) mass is 516 g/mol.